The van der Waals surface area contributed by atoms with Crippen LogP contribution in [0.5, 0.6) is 0 Å². The van der Waals surface area contributed by atoms with Crippen LogP contribution in [0.1, 0.15) is 24.8 Å². The van der Waals surface area contributed by atoms with Gasteiger partial charge >= 0.3 is 6.18 Å². The normalized spacial score (nSPS) is 11.6. The Kier molecular flexibility index (Phi) is 6.41. The van der Waals surface area contributed by atoms with Crippen molar-refractivity contribution in [2.75, 3.05) is 6.54 Å². The van der Waals surface area contributed by atoms with Crippen LogP contribution >= 0.6 is 15.9 Å². The highest BCUT2D eigenvalue weighted by molar-refractivity contribution is 9.10. The average molecular weight is 355 g/mol. The van der Waals surface area contributed by atoms with E-state index in [0.29, 0.717) is 24.0 Å². The first-order valence-electron chi connectivity index (χ1n) is 6.00. The molecule has 8 heteroatoms. The van der Waals surface area contributed by atoms with E-state index in [2.05, 4.69) is 21.2 Å². The maximum absolute atomic E-state index is 11.9. The first-order valence-corrected chi connectivity index (χ1v) is 6.79. The summed E-state index contributed by atoms with van der Waals surface area (Å²) < 4.78 is 36.3. The number of alkyl halides is 3. The van der Waals surface area contributed by atoms with Crippen LogP contribution in [0.15, 0.2) is 22.7 Å². The minimum Gasteiger partial charge on any atom is -0.313 e. The summed E-state index contributed by atoms with van der Waals surface area (Å²) in [5.74, 6) is 0. The number of hydrogen-bond donors (Lipinski definition) is 1. The van der Waals surface area contributed by atoms with Crippen LogP contribution in [-0.2, 0) is 6.54 Å². The molecule has 0 aliphatic heterocycles. The zero-order valence-corrected chi connectivity index (χ0v) is 12.1. The standard InChI is InChI=1S/C12H14BrF3N2O2/c13-11-7-10(18(19)20)4-3-9(11)8-17-6-2-1-5-12(14,15)16/h3-4,7,17H,1-2,5-6,8H2. The number of nitro groups is 1. The number of hydrogen-bond acceptors (Lipinski definition) is 3. The van der Waals surface area contributed by atoms with Crippen molar-refractivity contribution in [3.63, 3.8) is 0 Å². The molecule has 0 saturated heterocycles. The van der Waals surface area contributed by atoms with Crippen LogP contribution in [0, 0.1) is 10.1 Å². The molecule has 1 N–H and O–H groups in total. The van der Waals surface area contributed by atoms with Gasteiger partial charge in [0.1, 0.15) is 0 Å². The second-order valence-electron chi connectivity index (χ2n) is 4.28. The van der Waals surface area contributed by atoms with E-state index in [1.807, 2.05) is 0 Å². The molecule has 1 aromatic carbocycles. The molecule has 4 nitrogen and oxygen atoms in total. The molecule has 1 rings (SSSR count). The first kappa shape index (κ1) is 16.9. The van der Waals surface area contributed by atoms with Gasteiger partial charge in [0, 0.05) is 29.6 Å². The Morgan fingerprint density at radius 1 is 1.30 bits per heavy atom. The van der Waals surface area contributed by atoms with Crippen molar-refractivity contribution < 1.29 is 18.1 Å². The largest absolute Gasteiger partial charge is 0.389 e. The zero-order chi connectivity index (χ0) is 15.2. The van der Waals surface area contributed by atoms with Crippen molar-refractivity contribution in [3.05, 3.63) is 38.3 Å². The minimum atomic E-state index is -4.10. The number of nitro benzene ring substituents is 1. The lowest BCUT2D eigenvalue weighted by atomic mass is 10.2. The number of nitrogens with zero attached hydrogens (tertiary/aromatic N) is 1. The van der Waals surface area contributed by atoms with Gasteiger partial charge in [0.05, 0.1) is 4.92 Å². The molecule has 0 bridgehead atoms. The molecule has 0 aliphatic rings. The van der Waals surface area contributed by atoms with Crippen molar-refractivity contribution in [1.82, 2.24) is 5.32 Å². The Balaban J connectivity index is 2.31. The summed E-state index contributed by atoms with van der Waals surface area (Å²) in [7, 11) is 0. The van der Waals surface area contributed by atoms with Crippen LogP contribution < -0.4 is 5.32 Å². The molecule has 0 aromatic heterocycles. The highest BCUT2D eigenvalue weighted by Gasteiger charge is 2.25. The highest BCUT2D eigenvalue weighted by atomic mass is 79.9. The molecular formula is C12H14BrF3N2O2. The van der Waals surface area contributed by atoms with Gasteiger partial charge in [-0.25, -0.2) is 0 Å². The molecule has 112 valence electrons. The van der Waals surface area contributed by atoms with Gasteiger partial charge in [-0.1, -0.05) is 15.9 Å². The molecule has 20 heavy (non-hydrogen) atoms. The van der Waals surface area contributed by atoms with E-state index in [0.717, 1.165) is 5.56 Å². The van der Waals surface area contributed by atoms with Crippen molar-refractivity contribution in [2.45, 2.75) is 32.0 Å². The van der Waals surface area contributed by atoms with Crippen LogP contribution in [-0.4, -0.2) is 17.6 Å². The number of nitrogens with one attached hydrogen (secondary N) is 1. The van der Waals surface area contributed by atoms with E-state index in [4.69, 9.17) is 0 Å². The summed E-state index contributed by atoms with van der Waals surface area (Å²) in [6, 6.07) is 4.41. The van der Waals surface area contributed by atoms with Gasteiger partial charge in [0.25, 0.3) is 5.69 Å². The van der Waals surface area contributed by atoms with Crippen molar-refractivity contribution in [2.24, 2.45) is 0 Å². The summed E-state index contributed by atoms with van der Waals surface area (Å²) in [6.07, 6.45) is -4.33. The number of non-ortho nitro benzene ring substituents is 1. The second-order valence-corrected chi connectivity index (χ2v) is 5.14. The Bertz CT molecular complexity index is 467. The third-order valence-electron chi connectivity index (χ3n) is 2.63. The SMILES string of the molecule is O=[N+]([O-])c1ccc(CNCCCCC(F)(F)F)c(Br)c1. The van der Waals surface area contributed by atoms with Crippen LogP contribution in [0.3, 0.4) is 0 Å². The van der Waals surface area contributed by atoms with Crippen LogP contribution in [0.2, 0.25) is 0 Å². The molecular weight excluding hydrogens is 341 g/mol. The van der Waals surface area contributed by atoms with E-state index in [9.17, 15) is 23.3 Å². The lowest BCUT2D eigenvalue weighted by Crippen LogP contribution is -2.16. The van der Waals surface area contributed by atoms with Gasteiger partial charge in [-0.05, 0) is 31.0 Å². The molecule has 1 aromatic rings. The van der Waals surface area contributed by atoms with Gasteiger partial charge in [0.15, 0.2) is 0 Å². The third-order valence-corrected chi connectivity index (χ3v) is 3.36. The van der Waals surface area contributed by atoms with Gasteiger partial charge < -0.3 is 5.32 Å². The lowest BCUT2D eigenvalue weighted by Gasteiger charge is -2.08. The molecule has 0 heterocycles. The molecule has 0 aliphatic carbocycles. The summed E-state index contributed by atoms with van der Waals surface area (Å²) >= 11 is 3.23. The number of halogens is 4. The maximum atomic E-state index is 11.9. The molecule has 0 amide bonds. The Morgan fingerprint density at radius 3 is 2.55 bits per heavy atom. The number of rotatable bonds is 7. The van der Waals surface area contributed by atoms with Gasteiger partial charge in [-0.3, -0.25) is 10.1 Å². The zero-order valence-electron chi connectivity index (χ0n) is 10.5. The Morgan fingerprint density at radius 2 is 2.00 bits per heavy atom. The van der Waals surface area contributed by atoms with Gasteiger partial charge in [-0.2, -0.15) is 13.2 Å². The molecule has 0 unspecified atom stereocenters. The van der Waals surface area contributed by atoms with Crippen molar-refractivity contribution in [3.8, 4) is 0 Å². The van der Waals surface area contributed by atoms with E-state index in [1.165, 1.54) is 12.1 Å². The molecule has 0 fully saturated rings. The molecule has 0 saturated carbocycles. The van der Waals surface area contributed by atoms with Gasteiger partial charge in [0.2, 0.25) is 0 Å². The summed E-state index contributed by atoms with van der Waals surface area (Å²) in [5.41, 5.74) is 0.817. The molecule has 0 radical (unpaired) electrons. The van der Waals surface area contributed by atoms with Gasteiger partial charge in [-0.15, -0.1) is 0 Å². The average Bonchev–Trinajstić information content (AvgIpc) is 2.33. The van der Waals surface area contributed by atoms with E-state index < -0.39 is 17.5 Å². The monoisotopic (exact) mass is 354 g/mol. The number of unbranched alkanes of at least 4 members (excludes halogenated alkanes) is 1. The fraction of sp³-hybridized carbons (Fsp3) is 0.500. The Hall–Kier alpha value is -1.15. The van der Waals surface area contributed by atoms with Crippen LogP contribution in [0.25, 0.3) is 0 Å². The second kappa shape index (κ2) is 7.58. The quantitative estimate of drug-likeness (QED) is 0.454. The van der Waals surface area contributed by atoms with Crippen molar-refractivity contribution >= 4 is 21.6 Å². The summed E-state index contributed by atoms with van der Waals surface area (Å²) in [6.45, 7) is 0.921. The summed E-state index contributed by atoms with van der Waals surface area (Å²) in [4.78, 5) is 10.1. The topological polar surface area (TPSA) is 55.2 Å². The molecule has 0 atom stereocenters. The first-order chi connectivity index (χ1) is 9.29. The highest BCUT2D eigenvalue weighted by Crippen LogP contribution is 2.23. The summed E-state index contributed by atoms with van der Waals surface area (Å²) in [5, 5.41) is 13.6. The van der Waals surface area contributed by atoms with E-state index in [-0.39, 0.29) is 12.1 Å². The third kappa shape index (κ3) is 6.33. The number of benzene rings is 1. The fourth-order valence-electron chi connectivity index (χ4n) is 1.59. The fourth-order valence-corrected chi connectivity index (χ4v) is 2.10. The predicted octanol–water partition coefficient (Wildman–Crippen LogP) is 4.18. The smallest absolute Gasteiger partial charge is 0.313 e. The Labute approximate surface area is 122 Å². The molecule has 0 spiro atoms. The van der Waals surface area contributed by atoms with Crippen LogP contribution in [0.4, 0.5) is 18.9 Å². The van der Waals surface area contributed by atoms with Crippen molar-refractivity contribution in [1.29, 1.82) is 0 Å². The van der Waals surface area contributed by atoms with E-state index >= 15 is 0 Å². The lowest BCUT2D eigenvalue weighted by molar-refractivity contribution is -0.384. The van der Waals surface area contributed by atoms with E-state index in [1.54, 1.807) is 6.07 Å². The predicted molar refractivity (Wildman–Crippen MR) is 72.4 cm³/mol. The minimum absolute atomic E-state index is 0.00852. The maximum Gasteiger partial charge on any atom is 0.389 e.